The Kier molecular flexibility index (Phi) is 5.88. The van der Waals surface area contributed by atoms with E-state index in [0.29, 0.717) is 28.2 Å². The number of aromatic nitrogens is 1. The van der Waals surface area contributed by atoms with Gasteiger partial charge in [0.25, 0.3) is 0 Å². The van der Waals surface area contributed by atoms with Crippen LogP contribution >= 0.6 is 15.9 Å². The topological polar surface area (TPSA) is 108 Å². The Morgan fingerprint density at radius 2 is 1.82 bits per heavy atom. The standard InChI is InChI=1S/C24H24BrN3O4S/c25-17-5-8-20-21(12-17)26-13-22(33(31,32)28-18-6-7-18)23(20)27-19-10-15(14-3-1-2-4-14)9-16(11-19)24(29)30/h5,8-14,18,28H,1-4,6-7H2,(H,26,27)(H,29,30). The van der Waals surface area contributed by atoms with Crippen LogP contribution in [0.1, 0.15) is 60.4 Å². The van der Waals surface area contributed by atoms with Crippen molar-refractivity contribution in [2.24, 2.45) is 0 Å². The van der Waals surface area contributed by atoms with Gasteiger partial charge in [0.1, 0.15) is 4.90 Å². The number of halogens is 1. The number of carboxylic acids is 1. The molecule has 2 aliphatic carbocycles. The minimum atomic E-state index is -3.80. The van der Waals surface area contributed by atoms with Crippen molar-refractivity contribution in [3.8, 4) is 0 Å². The molecule has 0 atom stereocenters. The average Bonchev–Trinajstić information content (AvgIpc) is 3.39. The fraction of sp³-hybridized carbons (Fsp3) is 0.333. The number of hydrogen-bond donors (Lipinski definition) is 3. The number of pyridine rings is 1. The molecular weight excluding hydrogens is 506 g/mol. The molecule has 0 radical (unpaired) electrons. The zero-order valence-corrected chi connectivity index (χ0v) is 20.2. The van der Waals surface area contributed by atoms with E-state index >= 15 is 0 Å². The van der Waals surface area contributed by atoms with Gasteiger partial charge in [-0.25, -0.2) is 17.9 Å². The zero-order valence-electron chi connectivity index (χ0n) is 17.8. The number of aromatic carboxylic acids is 1. The van der Waals surface area contributed by atoms with Crippen LogP contribution in [0.25, 0.3) is 10.9 Å². The van der Waals surface area contributed by atoms with Gasteiger partial charge in [0.15, 0.2) is 0 Å². The van der Waals surface area contributed by atoms with E-state index in [2.05, 4.69) is 31.0 Å². The van der Waals surface area contributed by atoms with Gasteiger partial charge in [-0.3, -0.25) is 4.98 Å². The second-order valence-corrected chi connectivity index (χ2v) is 11.4. The van der Waals surface area contributed by atoms with Crippen LogP contribution in [0.15, 0.2) is 52.0 Å². The monoisotopic (exact) mass is 529 g/mol. The highest BCUT2D eigenvalue weighted by Gasteiger charge is 2.30. The van der Waals surface area contributed by atoms with Gasteiger partial charge in [0.2, 0.25) is 10.0 Å². The smallest absolute Gasteiger partial charge is 0.335 e. The summed E-state index contributed by atoms with van der Waals surface area (Å²) < 4.78 is 29.9. The maximum atomic E-state index is 13.2. The van der Waals surface area contributed by atoms with Crippen LogP contribution in [0.4, 0.5) is 11.4 Å². The van der Waals surface area contributed by atoms with E-state index in [-0.39, 0.29) is 16.5 Å². The van der Waals surface area contributed by atoms with E-state index in [0.717, 1.165) is 48.6 Å². The molecule has 3 aromatic rings. The Hall–Kier alpha value is -2.49. The fourth-order valence-corrected chi connectivity index (χ4v) is 6.22. The summed E-state index contributed by atoms with van der Waals surface area (Å²) in [6, 6.07) is 10.6. The third-order valence-electron chi connectivity index (χ3n) is 6.28. The molecule has 2 saturated carbocycles. The van der Waals surface area contributed by atoms with Crippen molar-refractivity contribution in [2.75, 3.05) is 5.32 Å². The van der Waals surface area contributed by atoms with Crippen molar-refractivity contribution < 1.29 is 18.3 Å². The first-order valence-corrected chi connectivity index (χ1v) is 13.3. The molecule has 9 heteroatoms. The van der Waals surface area contributed by atoms with Gasteiger partial charge in [-0.15, -0.1) is 0 Å². The molecule has 33 heavy (non-hydrogen) atoms. The lowest BCUT2D eigenvalue weighted by molar-refractivity contribution is 0.0696. The number of carboxylic acid groups (broad SMARTS) is 1. The molecule has 2 aromatic carbocycles. The van der Waals surface area contributed by atoms with Crippen molar-refractivity contribution in [1.82, 2.24) is 9.71 Å². The Morgan fingerprint density at radius 3 is 2.52 bits per heavy atom. The summed E-state index contributed by atoms with van der Waals surface area (Å²) in [4.78, 5) is 16.3. The van der Waals surface area contributed by atoms with E-state index in [1.54, 1.807) is 12.1 Å². The van der Waals surface area contributed by atoms with Crippen LogP contribution in [0.3, 0.4) is 0 Å². The second-order valence-electron chi connectivity index (χ2n) is 8.81. The maximum Gasteiger partial charge on any atom is 0.335 e. The van der Waals surface area contributed by atoms with Crippen molar-refractivity contribution in [3.63, 3.8) is 0 Å². The molecule has 0 saturated heterocycles. The van der Waals surface area contributed by atoms with Crippen molar-refractivity contribution in [1.29, 1.82) is 0 Å². The first-order valence-electron chi connectivity index (χ1n) is 11.1. The number of nitrogens with zero attached hydrogens (tertiary/aromatic N) is 1. The number of fused-ring (bicyclic) bond motifs is 1. The second kappa shape index (κ2) is 8.70. The van der Waals surface area contributed by atoms with E-state index in [4.69, 9.17) is 0 Å². The third kappa shape index (κ3) is 4.76. The van der Waals surface area contributed by atoms with Crippen LogP contribution in [0.5, 0.6) is 0 Å². The summed E-state index contributed by atoms with van der Waals surface area (Å²) in [6.45, 7) is 0. The first kappa shape index (κ1) is 22.3. The van der Waals surface area contributed by atoms with Gasteiger partial charge in [0, 0.05) is 27.8 Å². The highest BCUT2D eigenvalue weighted by atomic mass is 79.9. The SMILES string of the molecule is O=C(O)c1cc(Nc2c(S(=O)(=O)NC3CC3)cnc3cc(Br)ccc23)cc(C2CCCC2)c1. The number of benzene rings is 2. The molecule has 2 fully saturated rings. The minimum Gasteiger partial charge on any atom is -0.478 e. The van der Waals surface area contributed by atoms with Crippen LogP contribution in [-0.2, 0) is 10.0 Å². The molecule has 172 valence electrons. The Morgan fingerprint density at radius 1 is 1.06 bits per heavy atom. The third-order valence-corrected chi connectivity index (χ3v) is 8.31. The summed E-state index contributed by atoms with van der Waals surface area (Å²) in [5, 5.41) is 13.6. The number of carbonyl (C=O) groups is 1. The fourth-order valence-electron chi connectivity index (χ4n) is 4.45. The Bertz CT molecular complexity index is 1350. The molecule has 0 spiro atoms. The van der Waals surface area contributed by atoms with Gasteiger partial charge in [-0.1, -0.05) is 28.8 Å². The van der Waals surface area contributed by atoms with E-state index in [1.165, 1.54) is 6.20 Å². The minimum absolute atomic E-state index is 0.0484. The molecule has 0 unspecified atom stereocenters. The molecule has 1 aromatic heterocycles. The van der Waals surface area contributed by atoms with Gasteiger partial charge in [-0.05, 0) is 73.6 Å². The quantitative estimate of drug-likeness (QED) is 0.370. The molecule has 0 amide bonds. The lowest BCUT2D eigenvalue weighted by Crippen LogP contribution is -2.26. The largest absolute Gasteiger partial charge is 0.478 e. The van der Waals surface area contributed by atoms with Crippen molar-refractivity contribution in [3.05, 3.63) is 58.2 Å². The molecular formula is C24H24BrN3O4S. The summed E-state index contributed by atoms with van der Waals surface area (Å²) in [7, 11) is -3.80. The van der Waals surface area contributed by atoms with Gasteiger partial charge in [-0.2, -0.15) is 0 Å². The van der Waals surface area contributed by atoms with Crippen molar-refractivity contribution in [2.45, 2.75) is 55.4 Å². The number of anilines is 2. The van der Waals surface area contributed by atoms with Crippen LogP contribution in [0.2, 0.25) is 0 Å². The number of nitrogens with one attached hydrogen (secondary N) is 2. The van der Waals surface area contributed by atoms with E-state index in [1.807, 2.05) is 24.3 Å². The predicted molar refractivity (Wildman–Crippen MR) is 131 cm³/mol. The maximum absolute atomic E-state index is 13.2. The van der Waals surface area contributed by atoms with E-state index < -0.39 is 16.0 Å². The first-order chi connectivity index (χ1) is 15.8. The molecule has 1 heterocycles. The molecule has 3 N–H and O–H groups in total. The number of sulfonamides is 1. The summed E-state index contributed by atoms with van der Waals surface area (Å²) in [5.74, 6) is -0.695. The lowest BCUT2D eigenvalue weighted by atomic mass is 9.95. The Balaban J connectivity index is 1.64. The summed E-state index contributed by atoms with van der Waals surface area (Å²) in [6.07, 6.45) is 7.32. The highest BCUT2D eigenvalue weighted by molar-refractivity contribution is 9.10. The molecule has 5 rings (SSSR count). The van der Waals surface area contributed by atoms with Crippen LogP contribution < -0.4 is 10.0 Å². The molecule has 0 bridgehead atoms. The predicted octanol–water partition coefficient (Wildman–Crippen LogP) is 5.54. The average molecular weight is 530 g/mol. The molecule has 0 aliphatic heterocycles. The zero-order chi connectivity index (χ0) is 23.2. The normalized spacial score (nSPS) is 16.9. The van der Waals surface area contributed by atoms with Gasteiger partial charge >= 0.3 is 5.97 Å². The summed E-state index contributed by atoms with van der Waals surface area (Å²) >= 11 is 3.44. The van der Waals surface area contributed by atoms with Crippen LogP contribution in [-0.4, -0.2) is 30.5 Å². The van der Waals surface area contributed by atoms with Crippen LogP contribution in [0, 0.1) is 0 Å². The van der Waals surface area contributed by atoms with Gasteiger partial charge < -0.3 is 10.4 Å². The molecule has 2 aliphatic rings. The van der Waals surface area contributed by atoms with Gasteiger partial charge in [0.05, 0.1) is 16.8 Å². The van der Waals surface area contributed by atoms with E-state index in [9.17, 15) is 18.3 Å². The number of rotatable bonds is 7. The van der Waals surface area contributed by atoms with Crippen molar-refractivity contribution >= 4 is 54.2 Å². The Labute approximate surface area is 200 Å². The summed E-state index contributed by atoms with van der Waals surface area (Å²) in [5.41, 5.74) is 2.72. The molecule has 7 nitrogen and oxygen atoms in total. The number of hydrogen-bond acceptors (Lipinski definition) is 5. The lowest BCUT2D eigenvalue weighted by Gasteiger charge is -2.18. The highest BCUT2D eigenvalue weighted by Crippen LogP contribution is 2.38.